The molecule has 0 saturated heterocycles. The summed E-state index contributed by atoms with van der Waals surface area (Å²) in [6.07, 6.45) is 1.92. The van der Waals surface area contributed by atoms with Gasteiger partial charge in [0.05, 0.1) is 5.69 Å². The van der Waals surface area contributed by atoms with Crippen molar-refractivity contribution in [3.05, 3.63) is 29.8 Å². The Hall–Kier alpha value is -1.15. The highest BCUT2D eigenvalue weighted by atomic mass is 14.8. The van der Waals surface area contributed by atoms with E-state index in [0.717, 1.165) is 18.5 Å². The molecule has 1 heterocycles. The number of aliphatic imine (C=N–C) groups is 1. The lowest BCUT2D eigenvalue weighted by Gasteiger charge is -1.94. The quantitative estimate of drug-likeness (QED) is 0.702. The standard InChI is InChI=1S/C10H12N2/c11-6-5-9-7-8-3-1-2-4-10(8)12-9/h1-4H,5-7,11H2. The van der Waals surface area contributed by atoms with Crippen LogP contribution in [0.4, 0.5) is 5.69 Å². The molecule has 12 heavy (non-hydrogen) atoms. The fourth-order valence-electron chi connectivity index (χ4n) is 1.51. The number of para-hydroxylation sites is 1. The molecular weight excluding hydrogens is 148 g/mol. The second kappa shape index (κ2) is 3.07. The molecule has 62 valence electrons. The Balaban J connectivity index is 2.23. The Morgan fingerprint density at radius 2 is 2.17 bits per heavy atom. The fourth-order valence-corrected chi connectivity index (χ4v) is 1.51. The molecule has 0 aliphatic carbocycles. The minimum absolute atomic E-state index is 0.701. The first-order valence-corrected chi connectivity index (χ1v) is 4.24. The van der Waals surface area contributed by atoms with Crippen LogP contribution in [0.2, 0.25) is 0 Å². The van der Waals surface area contributed by atoms with Crippen molar-refractivity contribution in [3.8, 4) is 0 Å². The van der Waals surface area contributed by atoms with Crippen LogP contribution >= 0.6 is 0 Å². The number of rotatable bonds is 2. The predicted octanol–water partition coefficient (Wildman–Crippen LogP) is 1.66. The fraction of sp³-hybridized carbons (Fsp3) is 0.300. The van der Waals surface area contributed by atoms with Crippen molar-refractivity contribution in [1.29, 1.82) is 0 Å². The van der Waals surface area contributed by atoms with E-state index < -0.39 is 0 Å². The molecule has 0 saturated carbocycles. The largest absolute Gasteiger partial charge is 0.330 e. The Kier molecular flexibility index (Phi) is 1.92. The molecule has 2 heteroatoms. The molecule has 2 N–H and O–H groups in total. The van der Waals surface area contributed by atoms with Crippen LogP contribution in [-0.4, -0.2) is 12.3 Å². The van der Waals surface area contributed by atoms with Crippen LogP contribution in [-0.2, 0) is 6.42 Å². The zero-order valence-corrected chi connectivity index (χ0v) is 6.96. The molecule has 1 aliphatic heterocycles. The molecule has 0 spiro atoms. The highest BCUT2D eigenvalue weighted by Gasteiger charge is 2.11. The van der Waals surface area contributed by atoms with Crippen LogP contribution < -0.4 is 5.73 Å². The molecule has 2 rings (SSSR count). The van der Waals surface area contributed by atoms with Crippen molar-refractivity contribution in [1.82, 2.24) is 0 Å². The summed E-state index contributed by atoms with van der Waals surface area (Å²) in [4.78, 5) is 4.48. The second-order valence-electron chi connectivity index (χ2n) is 3.02. The highest BCUT2D eigenvalue weighted by Crippen LogP contribution is 2.26. The van der Waals surface area contributed by atoms with Crippen molar-refractivity contribution in [3.63, 3.8) is 0 Å². The van der Waals surface area contributed by atoms with Gasteiger partial charge in [0.1, 0.15) is 0 Å². The smallest absolute Gasteiger partial charge is 0.0664 e. The molecule has 1 aromatic carbocycles. The molecular formula is C10H12N2. The molecule has 1 aromatic rings. The van der Waals surface area contributed by atoms with Crippen molar-refractivity contribution in [2.24, 2.45) is 10.7 Å². The summed E-state index contributed by atoms with van der Waals surface area (Å²) < 4.78 is 0. The van der Waals surface area contributed by atoms with Crippen LogP contribution in [0, 0.1) is 0 Å². The number of fused-ring (bicyclic) bond motifs is 1. The van der Waals surface area contributed by atoms with Gasteiger partial charge in [0.25, 0.3) is 0 Å². The molecule has 0 aromatic heterocycles. The lowest BCUT2D eigenvalue weighted by molar-refractivity contribution is 1.03. The van der Waals surface area contributed by atoms with Gasteiger partial charge in [-0.15, -0.1) is 0 Å². The third kappa shape index (κ3) is 1.25. The summed E-state index contributed by atoms with van der Waals surface area (Å²) in [5.41, 5.74) is 9.14. The van der Waals surface area contributed by atoms with E-state index in [1.165, 1.54) is 11.3 Å². The molecule has 2 nitrogen and oxygen atoms in total. The number of hydrogen-bond donors (Lipinski definition) is 1. The third-order valence-electron chi connectivity index (χ3n) is 2.10. The summed E-state index contributed by atoms with van der Waals surface area (Å²) >= 11 is 0. The average Bonchev–Trinajstić information content (AvgIpc) is 2.47. The lowest BCUT2D eigenvalue weighted by Crippen LogP contribution is -2.07. The van der Waals surface area contributed by atoms with Crippen LogP contribution in [0.3, 0.4) is 0 Å². The van der Waals surface area contributed by atoms with Gasteiger partial charge in [-0.25, -0.2) is 0 Å². The molecule has 0 amide bonds. The van der Waals surface area contributed by atoms with E-state index in [0.29, 0.717) is 6.54 Å². The van der Waals surface area contributed by atoms with E-state index in [1.807, 2.05) is 6.07 Å². The average molecular weight is 160 g/mol. The molecule has 0 radical (unpaired) electrons. The van der Waals surface area contributed by atoms with E-state index >= 15 is 0 Å². The minimum Gasteiger partial charge on any atom is -0.330 e. The maximum absolute atomic E-state index is 5.46. The van der Waals surface area contributed by atoms with Gasteiger partial charge in [0, 0.05) is 12.1 Å². The predicted molar refractivity (Wildman–Crippen MR) is 50.9 cm³/mol. The van der Waals surface area contributed by atoms with Crippen molar-refractivity contribution < 1.29 is 0 Å². The Bertz CT molecular complexity index is 315. The Labute approximate surface area is 72.1 Å². The van der Waals surface area contributed by atoms with E-state index in [9.17, 15) is 0 Å². The maximum atomic E-state index is 5.46. The number of hydrogen-bond acceptors (Lipinski definition) is 2. The number of nitrogens with two attached hydrogens (primary N) is 1. The molecule has 0 atom stereocenters. The molecule has 0 fully saturated rings. The van der Waals surface area contributed by atoms with Crippen LogP contribution in [0.15, 0.2) is 29.3 Å². The first kappa shape index (κ1) is 7.50. The summed E-state index contributed by atoms with van der Waals surface area (Å²) in [6, 6.07) is 8.26. The second-order valence-corrected chi connectivity index (χ2v) is 3.02. The zero-order chi connectivity index (χ0) is 8.39. The minimum atomic E-state index is 0.701. The monoisotopic (exact) mass is 160 g/mol. The Morgan fingerprint density at radius 1 is 1.33 bits per heavy atom. The van der Waals surface area contributed by atoms with Gasteiger partial charge in [-0.05, 0) is 24.6 Å². The third-order valence-corrected chi connectivity index (χ3v) is 2.10. The first-order chi connectivity index (χ1) is 5.90. The van der Waals surface area contributed by atoms with Gasteiger partial charge in [-0.3, -0.25) is 4.99 Å². The van der Waals surface area contributed by atoms with E-state index in [1.54, 1.807) is 0 Å². The van der Waals surface area contributed by atoms with Gasteiger partial charge in [-0.2, -0.15) is 0 Å². The van der Waals surface area contributed by atoms with E-state index in [2.05, 4.69) is 23.2 Å². The molecule has 1 aliphatic rings. The van der Waals surface area contributed by atoms with Crippen molar-refractivity contribution in [2.45, 2.75) is 12.8 Å². The zero-order valence-electron chi connectivity index (χ0n) is 6.96. The van der Waals surface area contributed by atoms with Crippen LogP contribution in [0.1, 0.15) is 12.0 Å². The highest BCUT2D eigenvalue weighted by molar-refractivity contribution is 5.93. The van der Waals surface area contributed by atoms with Gasteiger partial charge in [0.15, 0.2) is 0 Å². The van der Waals surface area contributed by atoms with E-state index in [4.69, 9.17) is 5.73 Å². The maximum Gasteiger partial charge on any atom is 0.0664 e. The van der Waals surface area contributed by atoms with E-state index in [-0.39, 0.29) is 0 Å². The summed E-state index contributed by atoms with van der Waals surface area (Å²) in [5, 5.41) is 0. The normalized spacial score (nSPS) is 14.2. The van der Waals surface area contributed by atoms with Gasteiger partial charge in [-0.1, -0.05) is 18.2 Å². The van der Waals surface area contributed by atoms with Gasteiger partial charge >= 0.3 is 0 Å². The summed E-state index contributed by atoms with van der Waals surface area (Å²) in [5.74, 6) is 0. The summed E-state index contributed by atoms with van der Waals surface area (Å²) in [6.45, 7) is 0.701. The van der Waals surface area contributed by atoms with Crippen molar-refractivity contribution in [2.75, 3.05) is 6.54 Å². The van der Waals surface area contributed by atoms with Gasteiger partial charge < -0.3 is 5.73 Å². The van der Waals surface area contributed by atoms with Crippen LogP contribution in [0.5, 0.6) is 0 Å². The van der Waals surface area contributed by atoms with Crippen molar-refractivity contribution >= 4 is 11.4 Å². The summed E-state index contributed by atoms with van der Waals surface area (Å²) in [7, 11) is 0. The first-order valence-electron chi connectivity index (χ1n) is 4.24. The SMILES string of the molecule is NCCC1=Nc2ccccc2C1. The Morgan fingerprint density at radius 3 is 2.92 bits per heavy atom. The number of benzene rings is 1. The topological polar surface area (TPSA) is 38.4 Å². The molecule has 0 bridgehead atoms. The lowest BCUT2D eigenvalue weighted by atomic mass is 10.1. The molecule has 0 unspecified atom stereocenters. The number of nitrogens with zero attached hydrogens (tertiary/aromatic N) is 1. The van der Waals surface area contributed by atoms with Gasteiger partial charge in [0.2, 0.25) is 0 Å². The van der Waals surface area contributed by atoms with Crippen LogP contribution in [0.25, 0.3) is 0 Å².